The zero-order chi connectivity index (χ0) is 24.8. The number of imide groups is 1. The number of sulfonamides is 1. The molecule has 1 N–H and O–H groups in total. The summed E-state index contributed by atoms with van der Waals surface area (Å²) in [6, 6.07) is -0.422. The molecule has 0 radical (unpaired) electrons. The summed E-state index contributed by atoms with van der Waals surface area (Å²) in [5.41, 5.74) is 0.970. The summed E-state index contributed by atoms with van der Waals surface area (Å²) in [6.07, 6.45) is 9.56. The Hall–Kier alpha value is -2.67. The number of nitrogens with one attached hydrogen (secondary N) is 1. The van der Waals surface area contributed by atoms with E-state index in [1.807, 2.05) is 6.92 Å². The van der Waals surface area contributed by atoms with Crippen molar-refractivity contribution in [1.82, 2.24) is 24.3 Å². The van der Waals surface area contributed by atoms with E-state index in [4.69, 9.17) is 4.74 Å². The molecule has 1 saturated heterocycles. The van der Waals surface area contributed by atoms with Crippen LogP contribution in [0.3, 0.4) is 0 Å². The first-order valence-electron chi connectivity index (χ1n) is 11.9. The zero-order valence-corrected chi connectivity index (χ0v) is 20.8. The Morgan fingerprint density at radius 1 is 1.26 bits per heavy atom. The Bertz CT molecular complexity index is 1240. The molecule has 12 heteroatoms. The minimum atomic E-state index is -3.72. The van der Waals surface area contributed by atoms with Gasteiger partial charge >= 0.3 is 11.9 Å². The van der Waals surface area contributed by atoms with Crippen molar-refractivity contribution in [1.29, 1.82) is 0 Å². The molecule has 0 spiro atoms. The third kappa shape index (κ3) is 5.01. The van der Waals surface area contributed by atoms with E-state index in [2.05, 4.69) is 14.7 Å². The number of carbonyl (C=O) groups excluding carboxylic acids is 2. The highest BCUT2D eigenvalue weighted by Crippen LogP contribution is 2.36. The monoisotopic (exact) mass is 503 g/mol. The maximum absolute atomic E-state index is 13.5. The third-order valence-corrected chi connectivity index (χ3v) is 8.66. The van der Waals surface area contributed by atoms with E-state index in [1.165, 1.54) is 11.0 Å². The SMILES string of the molecule is Cn1cc(CN2C(=O)C3=CC(S(=O)(=O)NC4(C)CC4)C=CC3=[N+](CCN3CCOCC3)C2=O)cn1. The van der Waals surface area contributed by atoms with Crippen LogP contribution in [0.2, 0.25) is 0 Å². The van der Waals surface area contributed by atoms with Crippen LogP contribution in [0.5, 0.6) is 0 Å². The molecule has 2 fully saturated rings. The molecule has 3 amide bonds. The number of ether oxygens (including phenoxy) is 1. The molecular formula is C23H31N6O5S+. The number of hydrogen-bond acceptors (Lipinski definition) is 7. The molecule has 2 aliphatic carbocycles. The van der Waals surface area contributed by atoms with Crippen molar-refractivity contribution in [3.8, 4) is 0 Å². The number of aromatic nitrogens is 2. The number of fused-ring (bicyclic) bond motifs is 1. The first-order valence-corrected chi connectivity index (χ1v) is 13.4. The quantitative estimate of drug-likeness (QED) is 0.497. The van der Waals surface area contributed by atoms with Gasteiger partial charge in [-0.2, -0.15) is 19.4 Å². The van der Waals surface area contributed by atoms with Crippen molar-refractivity contribution >= 4 is 27.7 Å². The van der Waals surface area contributed by atoms with Crippen LogP contribution in [0.1, 0.15) is 25.3 Å². The number of amides is 3. The van der Waals surface area contributed by atoms with Gasteiger partial charge in [0.1, 0.15) is 29.6 Å². The smallest absolute Gasteiger partial charge is 0.379 e. The topological polar surface area (TPSA) is 117 Å². The van der Waals surface area contributed by atoms with Gasteiger partial charge in [0.15, 0.2) is 0 Å². The maximum atomic E-state index is 13.5. The lowest BCUT2D eigenvalue weighted by atomic mass is 9.99. The Morgan fingerprint density at radius 2 is 2.00 bits per heavy atom. The molecule has 4 aliphatic rings. The van der Waals surface area contributed by atoms with Crippen molar-refractivity contribution in [3.05, 3.63) is 41.8 Å². The van der Waals surface area contributed by atoms with Gasteiger partial charge in [-0.3, -0.25) is 9.58 Å². The second-order valence-electron chi connectivity index (χ2n) is 9.80. The summed E-state index contributed by atoms with van der Waals surface area (Å²) >= 11 is 0. The Kier molecular flexibility index (Phi) is 6.24. The number of hydrogen-bond donors (Lipinski definition) is 1. The van der Waals surface area contributed by atoms with Crippen LogP contribution >= 0.6 is 0 Å². The standard InChI is InChI=1S/C23H31N6O5S/c1-23(5-6-23)25-35(32,33)18-3-4-20-19(13-18)21(30)29(16-17-14-24-26(2)15-17)22(31)28(20)8-7-27-9-11-34-12-10-27/h3-4,13-15,18,25H,5-12,16H2,1-2H3/q+1. The van der Waals surface area contributed by atoms with Gasteiger partial charge < -0.3 is 4.74 Å². The average Bonchev–Trinajstić information content (AvgIpc) is 3.40. The fourth-order valence-corrected chi connectivity index (χ4v) is 6.16. The molecule has 2 aliphatic heterocycles. The molecular weight excluding hydrogens is 472 g/mol. The maximum Gasteiger partial charge on any atom is 0.501 e. The van der Waals surface area contributed by atoms with Crippen LogP contribution in [0.15, 0.2) is 36.2 Å². The second-order valence-corrected chi connectivity index (χ2v) is 11.6. The minimum absolute atomic E-state index is 0.0572. The van der Waals surface area contributed by atoms with Gasteiger partial charge in [0, 0.05) is 44.0 Å². The lowest BCUT2D eigenvalue weighted by Crippen LogP contribution is -2.53. The van der Waals surface area contributed by atoms with Crippen molar-refractivity contribution < 1.29 is 27.3 Å². The Morgan fingerprint density at radius 3 is 2.66 bits per heavy atom. The number of morpholine rings is 1. The highest BCUT2D eigenvalue weighted by atomic mass is 32.2. The van der Waals surface area contributed by atoms with E-state index < -0.39 is 32.8 Å². The summed E-state index contributed by atoms with van der Waals surface area (Å²) in [5.74, 6) is -0.501. The molecule has 1 saturated carbocycles. The second kappa shape index (κ2) is 9.08. The highest BCUT2D eigenvalue weighted by Gasteiger charge is 2.47. The summed E-state index contributed by atoms with van der Waals surface area (Å²) < 4.78 is 37.4. The van der Waals surface area contributed by atoms with Crippen molar-refractivity contribution in [2.24, 2.45) is 7.05 Å². The van der Waals surface area contributed by atoms with E-state index >= 15 is 0 Å². The van der Waals surface area contributed by atoms with Gasteiger partial charge in [-0.05, 0) is 31.9 Å². The van der Waals surface area contributed by atoms with Crippen LogP contribution < -0.4 is 4.72 Å². The lowest BCUT2D eigenvalue weighted by molar-refractivity contribution is -0.437. The van der Waals surface area contributed by atoms with Gasteiger partial charge in [-0.15, -0.1) is 0 Å². The number of urea groups is 1. The van der Waals surface area contributed by atoms with Gasteiger partial charge in [0.2, 0.25) is 10.0 Å². The molecule has 1 atom stereocenters. The predicted molar refractivity (Wildman–Crippen MR) is 127 cm³/mol. The van der Waals surface area contributed by atoms with E-state index in [0.717, 1.165) is 25.9 Å². The summed E-state index contributed by atoms with van der Waals surface area (Å²) in [6.45, 7) is 5.77. The predicted octanol–water partition coefficient (Wildman–Crippen LogP) is 0.00470. The molecule has 188 valence electrons. The Balaban J connectivity index is 1.46. The average molecular weight is 504 g/mol. The minimum Gasteiger partial charge on any atom is -0.379 e. The number of allylic oxidation sites excluding steroid dienone is 1. The van der Waals surface area contributed by atoms with Gasteiger partial charge in [0.05, 0.1) is 19.4 Å². The van der Waals surface area contributed by atoms with Crippen molar-refractivity contribution in [3.63, 3.8) is 0 Å². The molecule has 0 bridgehead atoms. The number of aryl methyl sites for hydroxylation is 1. The van der Waals surface area contributed by atoms with E-state index in [-0.39, 0.29) is 12.1 Å². The van der Waals surface area contributed by atoms with Crippen molar-refractivity contribution in [2.45, 2.75) is 37.1 Å². The van der Waals surface area contributed by atoms with Crippen LogP contribution in [0.25, 0.3) is 0 Å². The molecule has 5 rings (SSSR count). The zero-order valence-electron chi connectivity index (χ0n) is 20.0. The van der Waals surface area contributed by atoms with Gasteiger partial charge in [0.25, 0.3) is 0 Å². The van der Waals surface area contributed by atoms with Crippen LogP contribution in [0.4, 0.5) is 4.79 Å². The molecule has 35 heavy (non-hydrogen) atoms. The largest absolute Gasteiger partial charge is 0.501 e. The number of carbonyl (C=O) groups is 2. The Labute approximate surface area is 204 Å². The number of nitrogens with zero attached hydrogens (tertiary/aromatic N) is 5. The van der Waals surface area contributed by atoms with Crippen LogP contribution in [-0.4, -0.2) is 100 Å². The first-order chi connectivity index (χ1) is 16.7. The van der Waals surface area contributed by atoms with Crippen molar-refractivity contribution in [2.75, 3.05) is 39.4 Å². The fourth-order valence-electron chi connectivity index (χ4n) is 4.53. The normalized spacial score (nSPS) is 24.6. The summed E-state index contributed by atoms with van der Waals surface area (Å²) in [7, 11) is -1.96. The summed E-state index contributed by atoms with van der Waals surface area (Å²) in [5, 5.41) is 3.14. The van der Waals surface area contributed by atoms with Gasteiger partial charge in [-0.25, -0.2) is 17.9 Å². The van der Waals surface area contributed by atoms with E-state index in [9.17, 15) is 18.0 Å². The van der Waals surface area contributed by atoms with Crippen LogP contribution in [0, 0.1) is 0 Å². The fraction of sp³-hybridized carbons (Fsp3) is 0.565. The summed E-state index contributed by atoms with van der Waals surface area (Å²) in [4.78, 5) is 30.4. The highest BCUT2D eigenvalue weighted by molar-refractivity contribution is 7.90. The third-order valence-electron chi connectivity index (χ3n) is 6.87. The van der Waals surface area contributed by atoms with E-state index in [0.29, 0.717) is 37.6 Å². The van der Waals surface area contributed by atoms with E-state index in [1.54, 1.807) is 40.9 Å². The molecule has 1 aromatic heterocycles. The molecule has 1 aromatic rings. The first kappa shape index (κ1) is 24.0. The van der Waals surface area contributed by atoms with Crippen LogP contribution in [-0.2, 0) is 33.1 Å². The lowest BCUT2D eigenvalue weighted by Gasteiger charge is -2.29. The molecule has 1 unspecified atom stereocenters. The molecule has 0 aromatic carbocycles. The van der Waals surface area contributed by atoms with Gasteiger partial charge in [-0.1, -0.05) is 6.08 Å². The molecule has 3 heterocycles. The molecule has 11 nitrogen and oxygen atoms in total. The number of rotatable bonds is 8.